The summed E-state index contributed by atoms with van der Waals surface area (Å²) in [5.41, 5.74) is 5.14. The van der Waals surface area contributed by atoms with Gasteiger partial charge in [0.15, 0.2) is 0 Å². The number of hydrogen-bond donors (Lipinski definition) is 1. The SMILES string of the molecule is C/C(=N\NC(=O)CCc1ccc(S(=O)(=O)N2CCOCC2)cc1)c1ccccc1. The molecule has 3 rings (SSSR count). The summed E-state index contributed by atoms with van der Waals surface area (Å²) in [7, 11) is -3.50. The first-order valence-corrected chi connectivity index (χ1v) is 11.0. The second-order valence-corrected chi connectivity index (χ2v) is 8.70. The summed E-state index contributed by atoms with van der Waals surface area (Å²) in [4.78, 5) is 12.3. The molecule has 7 nitrogen and oxygen atoms in total. The van der Waals surface area contributed by atoms with Gasteiger partial charge in [-0.1, -0.05) is 42.5 Å². The quantitative estimate of drug-likeness (QED) is 0.555. The van der Waals surface area contributed by atoms with E-state index in [1.54, 1.807) is 24.3 Å². The fourth-order valence-electron chi connectivity index (χ4n) is 2.97. The number of amides is 1. The van der Waals surface area contributed by atoms with Gasteiger partial charge in [-0.15, -0.1) is 0 Å². The summed E-state index contributed by atoms with van der Waals surface area (Å²) in [5.74, 6) is -0.190. The van der Waals surface area contributed by atoms with E-state index >= 15 is 0 Å². The number of rotatable bonds is 7. The molecule has 0 radical (unpaired) electrons. The molecule has 1 fully saturated rings. The van der Waals surface area contributed by atoms with Crippen molar-refractivity contribution in [2.75, 3.05) is 26.3 Å². The molecule has 0 aliphatic carbocycles. The van der Waals surface area contributed by atoms with Gasteiger partial charge in [0.25, 0.3) is 0 Å². The van der Waals surface area contributed by atoms with Crippen LogP contribution in [-0.4, -0.2) is 50.6 Å². The third-order valence-corrected chi connectivity index (χ3v) is 6.62. The number of nitrogens with one attached hydrogen (secondary N) is 1. The number of nitrogens with zero attached hydrogens (tertiary/aromatic N) is 2. The topological polar surface area (TPSA) is 88.1 Å². The number of hydrazone groups is 1. The van der Waals surface area contributed by atoms with Gasteiger partial charge in [0, 0.05) is 19.5 Å². The van der Waals surface area contributed by atoms with Crippen LogP contribution in [0.3, 0.4) is 0 Å². The zero-order valence-corrected chi connectivity index (χ0v) is 17.2. The van der Waals surface area contributed by atoms with Gasteiger partial charge in [-0.2, -0.15) is 9.41 Å². The van der Waals surface area contributed by atoms with Crippen LogP contribution in [0.25, 0.3) is 0 Å². The van der Waals surface area contributed by atoms with E-state index in [4.69, 9.17) is 4.74 Å². The highest BCUT2D eigenvalue weighted by Crippen LogP contribution is 2.18. The lowest BCUT2D eigenvalue weighted by atomic mass is 10.1. The summed E-state index contributed by atoms with van der Waals surface area (Å²) >= 11 is 0. The first-order valence-electron chi connectivity index (χ1n) is 9.52. The van der Waals surface area contributed by atoms with Crippen molar-refractivity contribution >= 4 is 21.6 Å². The van der Waals surface area contributed by atoms with Crippen LogP contribution in [0.4, 0.5) is 0 Å². The monoisotopic (exact) mass is 415 g/mol. The molecule has 0 spiro atoms. The Labute approximate surface area is 171 Å². The summed E-state index contributed by atoms with van der Waals surface area (Å²) < 4.78 is 31.9. The second-order valence-electron chi connectivity index (χ2n) is 6.76. The molecular formula is C21H25N3O4S. The van der Waals surface area contributed by atoms with Crippen LogP contribution in [0.2, 0.25) is 0 Å². The number of benzene rings is 2. The Morgan fingerprint density at radius 2 is 1.72 bits per heavy atom. The lowest BCUT2D eigenvalue weighted by Gasteiger charge is -2.26. The van der Waals surface area contributed by atoms with Gasteiger partial charge in [-0.3, -0.25) is 4.79 Å². The van der Waals surface area contributed by atoms with E-state index in [1.807, 2.05) is 37.3 Å². The van der Waals surface area contributed by atoms with Crippen molar-refractivity contribution < 1.29 is 17.9 Å². The van der Waals surface area contributed by atoms with Gasteiger partial charge >= 0.3 is 0 Å². The predicted molar refractivity (Wildman–Crippen MR) is 111 cm³/mol. The van der Waals surface area contributed by atoms with E-state index < -0.39 is 10.0 Å². The van der Waals surface area contributed by atoms with Crippen molar-refractivity contribution in [3.8, 4) is 0 Å². The van der Waals surface area contributed by atoms with Crippen LogP contribution >= 0.6 is 0 Å². The Morgan fingerprint density at radius 1 is 1.07 bits per heavy atom. The third-order valence-electron chi connectivity index (χ3n) is 4.71. The highest BCUT2D eigenvalue weighted by Gasteiger charge is 2.26. The first-order chi connectivity index (χ1) is 14.0. The fraction of sp³-hybridized carbons (Fsp3) is 0.333. The molecule has 2 aromatic carbocycles. The van der Waals surface area contributed by atoms with Gasteiger partial charge in [0.05, 0.1) is 23.8 Å². The van der Waals surface area contributed by atoms with Gasteiger partial charge in [0.2, 0.25) is 15.9 Å². The van der Waals surface area contributed by atoms with Crippen molar-refractivity contribution in [3.63, 3.8) is 0 Å². The molecule has 0 atom stereocenters. The zero-order valence-electron chi connectivity index (χ0n) is 16.4. The van der Waals surface area contributed by atoms with Crippen molar-refractivity contribution in [1.29, 1.82) is 0 Å². The number of hydrogen-bond acceptors (Lipinski definition) is 5. The summed E-state index contributed by atoms with van der Waals surface area (Å²) in [6, 6.07) is 16.3. The Morgan fingerprint density at radius 3 is 2.38 bits per heavy atom. The molecule has 0 aromatic heterocycles. The van der Waals surface area contributed by atoms with Gasteiger partial charge in [-0.05, 0) is 36.6 Å². The molecule has 1 aliphatic heterocycles. The van der Waals surface area contributed by atoms with Crippen LogP contribution in [-0.2, 0) is 26.0 Å². The lowest BCUT2D eigenvalue weighted by molar-refractivity contribution is -0.121. The molecule has 1 saturated heterocycles. The van der Waals surface area contributed by atoms with Crippen molar-refractivity contribution in [2.24, 2.45) is 5.10 Å². The Kier molecular flexibility index (Phi) is 7.13. The highest BCUT2D eigenvalue weighted by atomic mass is 32.2. The minimum absolute atomic E-state index is 0.190. The maximum atomic E-state index is 12.6. The number of carbonyl (C=O) groups is 1. The van der Waals surface area contributed by atoms with E-state index in [2.05, 4.69) is 10.5 Å². The second kappa shape index (κ2) is 9.78. The molecular weight excluding hydrogens is 390 g/mol. The summed E-state index contributed by atoms with van der Waals surface area (Å²) in [6.07, 6.45) is 0.769. The maximum absolute atomic E-state index is 12.6. The third kappa shape index (κ3) is 5.72. The van der Waals surface area contributed by atoms with E-state index in [0.717, 1.165) is 16.8 Å². The zero-order chi connectivity index (χ0) is 20.7. The predicted octanol–water partition coefficient (Wildman–Crippen LogP) is 2.18. The number of carbonyl (C=O) groups excluding carboxylic acids is 1. The van der Waals surface area contributed by atoms with Gasteiger partial charge in [0.1, 0.15) is 0 Å². The van der Waals surface area contributed by atoms with Gasteiger partial charge < -0.3 is 4.74 Å². The summed E-state index contributed by atoms with van der Waals surface area (Å²) in [5, 5.41) is 4.13. The molecule has 1 heterocycles. The smallest absolute Gasteiger partial charge is 0.243 e. The number of sulfonamides is 1. The minimum Gasteiger partial charge on any atom is -0.379 e. The molecule has 1 N–H and O–H groups in total. The lowest BCUT2D eigenvalue weighted by Crippen LogP contribution is -2.40. The number of morpholine rings is 1. The molecule has 1 amide bonds. The van der Waals surface area contributed by atoms with Crippen LogP contribution in [0.15, 0.2) is 64.6 Å². The average molecular weight is 416 g/mol. The van der Waals surface area contributed by atoms with Crippen molar-refractivity contribution in [1.82, 2.24) is 9.73 Å². The largest absolute Gasteiger partial charge is 0.379 e. The van der Waals surface area contributed by atoms with Crippen molar-refractivity contribution in [2.45, 2.75) is 24.7 Å². The molecule has 0 unspecified atom stereocenters. The molecule has 8 heteroatoms. The maximum Gasteiger partial charge on any atom is 0.243 e. The summed E-state index contributed by atoms with van der Waals surface area (Å²) in [6.45, 7) is 3.40. The normalized spacial score (nSPS) is 15.8. The number of ether oxygens (including phenoxy) is 1. The van der Waals surface area contributed by atoms with Gasteiger partial charge in [-0.25, -0.2) is 13.8 Å². The molecule has 29 heavy (non-hydrogen) atoms. The Bertz CT molecular complexity index is 951. The van der Waals surface area contributed by atoms with Crippen LogP contribution in [0.5, 0.6) is 0 Å². The molecule has 1 aliphatic rings. The molecule has 0 saturated carbocycles. The van der Waals surface area contributed by atoms with Crippen molar-refractivity contribution in [3.05, 3.63) is 65.7 Å². The van der Waals surface area contributed by atoms with E-state index in [0.29, 0.717) is 32.7 Å². The molecule has 154 valence electrons. The van der Waals surface area contributed by atoms with E-state index in [-0.39, 0.29) is 17.2 Å². The average Bonchev–Trinajstić information content (AvgIpc) is 2.77. The fourth-order valence-corrected chi connectivity index (χ4v) is 4.38. The van der Waals surface area contributed by atoms with E-state index in [1.165, 1.54) is 4.31 Å². The Hall–Kier alpha value is -2.55. The van der Waals surface area contributed by atoms with E-state index in [9.17, 15) is 13.2 Å². The minimum atomic E-state index is -3.50. The molecule has 2 aromatic rings. The molecule has 0 bridgehead atoms. The first kappa shape index (κ1) is 21.2. The number of aryl methyl sites for hydroxylation is 1. The van der Waals surface area contributed by atoms with Crippen LogP contribution in [0, 0.1) is 0 Å². The highest BCUT2D eigenvalue weighted by molar-refractivity contribution is 7.89. The Balaban J connectivity index is 1.53. The van der Waals surface area contributed by atoms with Crippen LogP contribution in [0.1, 0.15) is 24.5 Å². The standard InChI is InChI=1S/C21H25N3O4S/c1-17(19-5-3-2-4-6-19)22-23-21(25)12-9-18-7-10-20(11-8-18)29(26,27)24-13-15-28-16-14-24/h2-8,10-11H,9,12-16H2,1H3,(H,23,25)/b22-17+. The van der Waals surface area contributed by atoms with Crippen LogP contribution < -0.4 is 5.43 Å².